The molecular weight excluding hydrogens is 260 g/mol. The largest absolute Gasteiger partial charge is 0.398 e. The van der Waals surface area contributed by atoms with Crippen molar-refractivity contribution in [2.75, 3.05) is 5.73 Å². The molecule has 0 saturated heterocycles. The molecule has 2 N–H and O–H groups in total. The molecule has 1 aromatic carbocycles. The van der Waals surface area contributed by atoms with Crippen molar-refractivity contribution in [1.29, 1.82) is 0 Å². The lowest BCUT2D eigenvalue weighted by Gasteiger charge is -2.08. The number of hydrogen-bond donors (Lipinski definition) is 1. The molecule has 96 valence electrons. The van der Waals surface area contributed by atoms with Gasteiger partial charge in [0.2, 0.25) is 5.16 Å². The van der Waals surface area contributed by atoms with E-state index in [2.05, 4.69) is 20.5 Å². The molecule has 0 aliphatic carbocycles. The predicted octanol–water partition coefficient (Wildman–Crippen LogP) is 1.80. The highest BCUT2D eigenvalue weighted by atomic mass is 32.2. The summed E-state index contributed by atoms with van der Waals surface area (Å²) in [6.07, 6.45) is 1.80. The molecule has 0 amide bonds. The lowest BCUT2D eigenvalue weighted by Crippen LogP contribution is -1.94. The van der Waals surface area contributed by atoms with Gasteiger partial charge in [-0.3, -0.25) is 4.98 Å². The first-order valence-electron chi connectivity index (χ1n) is 5.70. The van der Waals surface area contributed by atoms with Crippen LogP contribution in [0, 0.1) is 6.92 Å². The Morgan fingerprint density at radius 3 is 2.84 bits per heavy atom. The Morgan fingerprint density at radius 1 is 1.26 bits per heavy atom. The maximum absolute atomic E-state index is 5.98. The van der Waals surface area contributed by atoms with Gasteiger partial charge in [-0.2, -0.15) is 0 Å². The number of aryl methyl sites for hydroxylation is 2. The summed E-state index contributed by atoms with van der Waals surface area (Å²) in [5.74, 6) is 0. The maximum Gasteiger partial charge on any atom is 0.213 e. The first kappa shape index (κ1) is 11.9. The summed E-state index contributed by atoms with van der Waals surface area (Å²) in [5.41, 5.74) is 7.66. The molecule has 0 aliphatic rings. The highest BCUT2D eigenvalue weighted by Crippen LogP contribution is 2.34. The van der Waals surface area contributed by atoms with Crippen LogP contribution in [0.25, 0.3) is 10.8 Å². The van der Waals surface area contributed by atoms with E-state index in [1.54, 1.807) is 10.9 Å². The summed E-state index contributed by atoms with van der Waals surface area (Å²) in [7, 11) is 1.81. The fourth-order valence-electron chi connectivity index (χ4n) is 1.83. The zero-order chi connectivity index (χ0) is 13.4. The molecule has 0 unspecified atom stereocenters. The molecule has 0 saturated carbocycles. The van der Waals surface area contributed by atoms with Crippen LogP contribution in [0.3, 0.4) is 0 Å². The molecule has 0 atom stereocenters. The molecule has 3 aromatic rings. The number of aromatic nitrogens is 5. The third-order valence-corrected chi connectivity index (χ3v) is 3.92. The minimum absolute atomic E-state index is 0.725. The van der Waals surface area contributed by atoms with Crippen molar-refractivity contribution < 1.29 is 0 Å². The van der Waals surface area contributed by atoms with Crippen molar-refractivity contribution in [1.82, 2.24) is 25.2 Å². The minimum atomic E-state index is 0.725. The van der Waals surface area contributed by atoms with Crippen molar-refractivity contribution in [3.8, 4) is 0 Å². The number of benzene rings is 1. The lowest BCUT2D eigenvalue weighted by molar-refractivity contribution is 0.664. The summed E-state index contributed by atoms with van der Waals surface area (Å²) in [6.45, 7) is 1.96. The van der Waals surface area contributed by atoms with E-state index in [1.165, 1.54) is 11.8 Å². The monoisotopic (exact) mass is 272 g/mol. The first-order valence-corrected chi connectivity index (χ1v) is 6.52. The van der Waals surface area contributed by atoms with Crippen LogP contribution >= 0.6 is 11.8 Å². The van der Waals surface area contributed by atoms with Crippen LogP contribution in [-0.2, 0) is 7.05 Å². The summed E-state index contributed by atoms with van der Waals surface area (Å²) >= 11 is 1.51. The lowest BCUT2D eigenvalue weighted by atomic mass is 10.1. The second kappa shape index (κ2) is 4.51. The molecule has 0 aliphatic heterocycles. The van der Waals surface area contributed by atoms with E-state index >= 15 is 0 Å². The standard InChI is InChI=1S/C12H12N6S/c1-7-5-8-9(6-14-7)10(13)3-4-11(8)19-12-15-16-17-18(12)2/h3-6H,13H2,1-2H3. The van der Waals surface area contributed by atoms with Gasteiger partial charge in [0.15, 0.2) is 0 Å². The van der Waals surface area contributed by atoms with E-state index in [0.717, 1.165) is 32.2 Å². The Morgan fingerprint density at radius 2 is 2.11 bits per heavy atom. The molecule has 19 heavy (non-hydrogen) atoms. The van der Waals surface area contributed by atoms with Gasteiger partial charge in [0, 0.05) is 40.3 Å². The number of tetrazole rings is 1. The second-order valence-corrected chi connectivity index (χ2v) is 5.22. The van der Waals surface area contributed by atoms with Crippen LogP contribution in [0.2, 0.25) is 0 Å². The van der Waals surface area contributed by atoms with E-state index in [-0.39, 0.29) is 0 Å². The van der Waals surface area contributed by atoms with Crippen molar-refractivity contribution in [3.05, 3.63) is 30.1 Å². The Balaban J connectivity index is 2.16. The van der Waals surface area contributed by atoms with Gasteiger partial charge < -0.3 is 5.73 Å². The number of fused-ring (bicyclic) bond motifs is 1. The van der Waals surface area contributed by atoms with E-state index < -0.39 is 0 Å². The summed E-state index contributed by atoms with van der Waals surface area (Å²) in [6, 6.07) is 5.89. The number of hydrogen-bond acceptors (Lipinski definition) is 6. The predicted molar refractivity (Wildman–Crippen MR) is 73.8 cm³/mol. The zero-order valence-electron chi connectivity index (χ0n) is 10.5. The van der Waals surface area contributed by atoms with E-state index in [1.807, 2.05) is 32.2 Å². The topological polar surface area (TPSA) is 82.5 Å². The number of anilines is 1. The van der Waals surface area contributed by atoms with Gasteiger partial charge in [0.25, 0.3) is 0 Å². The molecule has 2 aromatic heterocycles. The van der Waals surface area contributed by atoms with Crippen molar-refractivity contribution >= 4 is 28.2 Å². The average Bonchev–Trinajstić information content (AvgIpc) is 2.78. The molecule has 0 fully saturated rings. The van der Waals surface area contributed by atoms with Gasteiger partial charge in [-0.15, -0.1) is 5.10 Å². The van der Waals surface area contributed by atoms with Gasteiger partial charge in [0.05, 0.1) is 0 Å². The van der Waals surface area contributed by atoms with Crippen LogP contribution < -0.4 is 5.73 Å². The number of pyridine rings is 1. The van der Waals surface area contributed by atoms with Gasteiger partial charge in [-0.1, -0.05) is 0 Å². The highest BCUT2D eigenvalue weighted by molar-refractivity contribution is 7.99. The van der Waals surface area contributed by atoms with Crippen LogP contribution in [0.5, 0.6) is 0 Å². The summed E-state index contributed by atoms with van der Waals surface area (Å²) in [5, 5.41) is 14.2. The number of nitrogens with zero attached hydrogens (tertiary/aromatic N) is 5. The van der Waals surface area contributed by atoms with Crippen LogP contribution in [0.15, 0.2) is 34.4 Å². The Labute approximate surface area is 114 Å². The molecule has 2 heterocycles. The van der Waals surface area contributed by atoms with E-state index in [4.69, 9.17) is 5.73 Å². The fraction of sp³-hybridized carbons (Fsp3) is 0.167. The number of nitrogen functional groups attached to an aromatic ring is 1. The molecular formula is C12H12N6S. The Hall–Kier alpha value is -2.15. The van der Waals surface area contributed by atoms with Crippen LogP contribution in [0.4, 0.5) is 5.69 Å². The smallest absolute Gasteiger partial charge is 0.213 e. The fourth-order valence-corrected chi connectivity index (χ4v) is 2.69. The molecule has 0 spiro atoms. The third-order valence-electron chi connectivity index (χ3n) is 2.81. The zero-order valence-corrected chi connectivity index (χ0v) is 11.3. The van der Waals surface area contributed by atoms with Crippen LogP contribution in [-0.4, -0.2) is 25.2 Å². The highest BCUT2D eigenvalue weighted by Gasteiger charge is 2.10. The first-order chi connectivity index (χ1) is 9.15. The summed E-state index contributed by atoms with van der Waals surface area (Å²) < 4.78 is 1.64. The van der Waals surface area contributed by atoms with Gasteiger partial charge >= 0.3 is 0 Å². The molecule has 0 bridgehead atoms. The third kappa shape index (κ3) is 2.12. The molecule has 0 radical (unpaired) electrons. The van der Waals surface area contributed by atoms with E-state index in [9.17, 15) is 0 Å². The van der Waals surface area contributed by atoms with Crippen LogP contribution in [0.1, 0.15) is 5.69 Å². The molecule has 3 rings (SSSR count). The van der Waals surface area contributed by atoms with Gasteiger partial charge in [0.1, 0.15) is 0 Å². The van der Waals surface area contributed by atoms with Gasteiger partial charge in [-0.05, 0) is 47.3 Å². The quantitative estimate of drug-likeness (QED) is 0.716. The summed E-state index contributed by atoms with van der Waals surface area (Å²) in [4.78, 5) is 5.35. The van der Waals surface area contributed by atoms with Crippen molar-refractivity contribution in [2.45, 2.75) is 17.0 Å². The minimum Gasteiger partial charge on any atom is -0.398 e. The second-order valence-electron chi connectivity index (χ2n) is 4.21. The molecule has 6 nitrogen and oxygen atoms in total. The van der Waals surface area contributed by atoms with Crippen molar-refractivity contribution in [3.63, 3.8) is 0 Å². The number of rotatable bonds is 2. The van der Waals surface area contributed by atoms with E-state index in [0.29, 0.717) is 0 Å². The number of nitrogens with two attached hydrogens (primary N) is 1. The van der Waals surface area contributed by atoms with Gasteiger partial charge in [-0.25, -0.2) is 4.68 Å². The average molecular weight is 272 g/mol. The Kier molecular flexibility index (Phi) is 2.83. The normalized spacial score (nSPS) is 11.1. The molecule has 7 heteroatoms. The SMILES string of the molecule is Cc1cc2c(Sc3nnnn3C)ccc(N)c2cn1. The maximum atomic E-state index is 5.98. The Bertz CT molecular complexity index is 751. The van der Waals surface area contributed by atoms with Crippen molar-refractivity contribution in [2.24, 2.45) is 7.05 Å².